The summed E-state index contributed by atoms with van der Waals surface area (Å²) in [6.07, 6.45) is 5.16. The fraction of sp³-hybridized carbons (Fsp3) is 0.750. The van der Waals surface area contributed by atoms with Crippen LogP contribution in [-0.2, 0) is 12.1 Å². The minimum atomic E-state index is -0.125. The van der Waals surface area contributed by atoms with Gasteiger partial charge < -0.3 is 5.73 Å². The zero-order valence-electron chi connectivity index (χ0n) is 7.32. The summed E-state index contributed by atoms with van der Waals surface area (Å²) in [5.74, 6) is 0. The van der Waals surface area contributed by atoms with Crippen molar-refractivity contribution in [3.63, 3.8) is 0 Å². The van der Waals surface area contributed by atoms with Crippen molar-refractivity contribution >= 4 is 0 Å². The Morgan fingerprint density at radius 2 is 2.42 bits per heavy atom. The second-order valence-corrected chi connectivity index (χ2v) is 3.44. The molecular formula is C8H14N4. The summed E-state index contributed by atoms with van der Waals surface area (Å²) in [5, 5.41) is 7.84. The molecule has 4 nitrogen and oxygen atoms in total. The van der Waals surface area contributed by atoms with E-state index in [1.165, 1.54) is 6.42 Å². The van der Waals surface area contributed by atoms with Crippen molar-refractivity contribution in [3.05, 3.63) is 11.9 Å². The average Bonchev–Trinajstić information content (AvgIpc) is 2.47. The minimum Gasteiger partial charge on any atom is -0.320 e. The SMILES string of the molecule is CCn1nncc1C1(N)CCC1. The molecule has 1 aliphatic rings. The van der Waals surface area contributed by atoms with E-state index in [9.17, 15) is 0 Å². The summed E-state index contributed by atoms with van der Waals surface area (Å²) in [7, 11) is 0. The van der Waals surface area contributed by atoms with Crippen molar-refractivity contribution in [1.29, 1.82) is 0 Å². The highest BCUT2D eigenvalue weighted by molar-refractivity contribution is 5.14. The van der Waals surface area contributed by atoms with Crippen LogP contribution in [0.1, 0.15) is 31.9 Å². The highest BCUT2D eigenvalue weighted by Crippen LogP contribution is 2.37. The molecule has 0 saturated heterocycles. The highest BCUT2D eigenvalue weighted by atomic mass is 15.4. The van der Waals surface area contributed by atoms with E-state index in [0.717, 1.165) is 25.1 Å². The molecule has 0 amide bonds. The van der Waals surface area contributed by atoms with E-state index in [1.54, 1.807) is 6.20 Å². The Labute approximate surface area is 71.8 Å². The molecule has 1 aliphatic carbocycles. The molecule has 2 rings (SSSR count). The fourth-order valence-corrected chi connectivity index (χ4v) is 1.69. The summed E-state index contributed by atoms with van der Waals surface area (Å²) in [4.78, 5) is 0. The van der Waals surface area contributed by atoms with Crippen molar-refractivity contribution in [1.82, 2.24) is 15.0 Å². The van der Waals surface area contributed by atoms with Crippen molar-refractivity contribution in [3.8, 4) is 0 Å². The standard InChI is InChI=1S/C8H14N4/c1-2-12-7(6-10-11-12)8(9)4-3-5-8/h6H,2-5,9H2,1H3. The van der Waals surface area contributed by atoms with E-state index in [4.69, 9.17) is 5.73 Å². The van der Waals surface area contributed by atoms with Crippen LogP contribution in [0.4, 0.5) is 0 Å². The van der Waals surface area contributed by atoms with Gasteiger partial charge in [-0.05, 0) is 26.2 Å². The molecule has 1 fully saturated rings. The Bertz CT molecular complexity index is 274. The maximum atomic E-state index is 6.14. The predicted molar refractivity (Wildman–Crippen MR) is 45.4 cm³/mol. The van der Waals surface area contributed by atoms with Crippen LogP contribution in [0.3, 0.4) is 0 Å². The molecule has 0 bridgehead atoms. The van der Waals surface area contributed by atoms with Gasteiger partial charge in [-0.3, -0.25) is 0 Å². The van der Waals surface area contributed by atoms with Crippen LogP contribution in [0, 0.1) is 0 Å². The maximum Gasteiger partial charge on any atom is 0.0785 e. The largest absolute Gasteiger partial charge is 0.320 e. The number of aryl methyl sites for hydroxylation is 1. The summed E-state index contributed by atoms with van der Waals surface area (Å²) in [6, 6.07) is 0. The fourth-order valence-electron chi connectivity index (χ4n) is 1.69. The molecule has 1 aromatic heterocycles. The third-order valence-electron chi connectivity index (χ3n) is 2.67. The molecule has 1 heterocycles. The third kappa shape index (κ3) is 0.948. The quantitative estimate of drug-likeness (QED) is 0.701. The Morgan fingerprint density at radius 3 is 2.92 bits per heavy atom. The first-order valence-corrected chi connectivity index (χ1v) is 4.44. The van der Waals surface area contributed by atoms with Crippen LogP contribution in [0.25, 0.3) is 0 Å². The molecule has 0 spiro atoms. The van der Waals surface area contributed by atoms with Crippen LogP contribution >= 0.6 is 0 Å². The lowest BCUT2D eigenvalue weighted by Gasteiger charge is -2.37. The van der Waals surface area contributed by atoms with E-state index in [-0.39, 0.29) is 5.54 Å². The van der Waals surface area contributed by atoms with Gasteiger partial charge in [0.1, 0.15) is 0 Å². The van der Waals surface area contributed by atoms with E-state index in [0.29, 0.717) is 0 Å². The smallest absolute Gasteiger partial charge is 0.0785 e. The van der Waals surface area contributed by atoms with E-state index in [1.807, 2.05) is 4.68 Å². The van der Waals surface area contributed by atoms with Crippen molar-refractivity contribution in [2.45, 2.75) is 38.3 Å². The summed E-state index contributed by atoms with van der Waals surface area (Å²) >= 11 is 0. The van der Waals surface area contributed by atoms with Crippen LogP contribution in [0.2, 0.25) is 0 Å². The molecule has 4 heteroatoms. The maximum absolute atomic E-state index is 6.14. The van der Waals surface area contributed by atoms with Gasteiger partial charge in [-0.15, -0.1) is 5.10 Å². The minimum absolute atomic E-state index is 0.125. The second kappa shape index (κ2) is 2.55. The first-order valence-electron chi connectivity index (χ1n) is 4.44. The third-order valence-corrected chi connectivity index (χ3v) is 2.67. The molecule has 12 heavy (non-hydrogen) atoms. The zero-order chi connectivity index (χ0) is 8.60. The molecule has 2 N–H and O–H groups in total. The zero-order valence-corrected chi connectivity index (χ0v) is 7.32. The van der Waals surface area contributed by atoms with Gasteiger partial charge in [0.15, 0.2) is 0 Å². The number of hydrogen-bond acceptors (Lipinski definition) is 3. The van der Waals surface area contributed by atoms with E-state index in [2.05, 4.69) is 17.2 Å². The molecule has 1 aromatic rings. The van der Waals surface area contributed by atoms with Gasteiger partial charge in [0.05, 0.1) is 17.4 Å². The van der Waals surface area contributed by atoms with E-state index >= 15 is 0 Å². The van der Waals surface area contributed by atoms with Gasteiger partial charge in [-0.1, -0.05) is 5.21 Å². The molecular weight excluding hydrogens is 152 g/mol. The van der Waals surface area contributed by atoms with Crippen molar-refractivity contribution < 1.29 is 0 Å². The first kappa shape index (κ1) is 7.73. The lowest BCUT2D eigenvalue weighted by molar-refractivity contribution is 0.235. The monoisotopic (exact) mass is 166 g/mol. The Hall–Kier alpha value is -0.900. The van der Waals surface area contributed by atoms with Gasteiger partial charge in [0, 0.05) is 6.54 Å². The van der Waals surface area contributed by atoms with Crippen LogP contribution in [0.15, 0.2) is 6.20 Å². The first-order chi connectivity index (χ1) is 5.76. The Morgan fingerprint density at radius 1 is 1.67 bits per heavy atom. The van der Waals surface area contributed by atoms with Gasteiger partial charge in [0.25, 0.3) is 0 Å². The Balaban J connectivity index is 2.31. The summed E-state index contributed by atoms with van der Waals surface area (Å²) in [5.41, 5.74) is 7.11. The van der Waals surface area contributed by atoms with E-state index < -0.39 is 0 Å². The second-order valence-electron chi connectivity index (χ2n) is 3.44. The number of nitrogens with two attached hydrogens (primary N) is 1. The van der Waals surface area contributed by atoms with Gasteiger partial charge in [-0.25, -0.2) is 4.68 Å². The molecule has 0 aliphatic heterocycles. The lowest BCUT2D eigenvalue weighted by Crippen LogP contribution is -2.45. The average molecular weight is 166 g/mol. The summed E-state index contributed by atoms with van der Waals surface area (Å²) in [6.45, 7) is 2.91. The van der Waals surface area contributed by atoms with Crippen molar-refractivity contribution in [2.75, 3.05) is 0 Å². The molecule has 1 saturated carbocycles. The van der Waals surface area contributed by atoms with Crippen LogP contribution < -0.4 is 5.73 Å². The lowest BCUT2D eigenvalue weighted by atomic mass is 9.75. The topological polar surface area (TPSA) is 56.7 Å². The van der Waals surface area contributed by atoms with Crippen LogP contribution in [-0.4, -0.2) is 15.0 Å². The van der Waals surface area contributed by atoms with Crippen LogP contribution in [0.5, 0.6) is 0 Å². The van der Waals surface area contributed by atoms with Gasteiger partial charge in [-0.2, -0.15) is 0 Å². The van der Waals surface area contributed by atoms with Crippen molar-refractivity contribution in [2.24, 2.45) is 5.73 Å². The number of aromatic nitrogens is 3. The van der Waals surface area contributed by atoms with Gasteiger partial charge in [0.2, 0.25) is 0 Å². The normalized spacial score (nSPS) is 20.5. The highest BCUT2D eigenvalue weighted by Gasteiger charge is 2.37. The summed E-state index contributed by atoms with van der Waals surface area (Å²) < 4.78 is 1.89. The predicted octanol–water partition coefficient (Wildman–Crippen LogP) is 0.636. The number of nitrogens with zero attached hydrogens (tertiary/aromatic N) is 3. The molecule has 0 radical (unpaired) electrons. The molecule has 0 unspecified atom stereocenters. The Kier molecular flexibility index (Phi) is 1.65. The molecule has 66 valence electrons. The molecule has 0 atom stereocenters. The molecule has 0 aromatic carbocycles. The number of hydrogen-bond donors (Lipinski definition) is 1. The van der Waals surface area contributed by atoms with Gasteiger partial charge >= 0.3 is 0 Å². The number of rotatable bonds is 2.